The summed E-state index contributed by atoms with van der Waals surface area (Å²) in [6.07, 6.45) is -3.73. The molecule has 0 bridgehead atoms. The van der Waals surface area contributed by atoms with Gasteiger partial charge in [0.05, 0.1) is 35.1 Å². The van der Waals surface area contributed by atoms with Gasteiger partial charge in [-0.2, -0.15) is 13.2 Å². The van der Waals surface area contributed by atoms with E-state index in [9.17, 15) is 28.2 Å². The number of benzene rings is 3. The predicted molar refractivity (Wildman–Crippen MR) is 121 cm³/mol. The van der Waals surface area contributed by atoms with Crippen LogP contribution in [0.1, 0.15) is 17.5 Å². The van der Waals surface area contributed by atoms with Gasteiger partial charge in [-0.25, -0.2) is 0 Å². The molecule has 4 aromatic rings. The average molecular weight is 473 g/mol. The van der Waals surface area contributed by atoms with Gasteiger partial charge in [-0.3, -0.25) is 4.79 Å². The van der Waals surface area contributed by atoms with Crippen LogP contribution >= 0.6 is 0 Å². The predicted octanol–water partition coefficient (Wildman–Crippen LogP) is 4.37. The lowest BCUT2D eigenvalue weighted by Crippen LogP contribution is -2.47. The van der Waals surface area contributed by atoms with Crippen LogP contribution in [-0.4, -0.2) is 29.0 Å². The van der Waals surface area contributed by atoms with Crippen LogP contribution < -0.4 is 15.9 Å². The summed E-state index contributed by atoms with van der Waals surface area (Å²) in [5, 5.41) is 19.3. The van der Waals surface area contributed by atoms with Crippen molar-refractivity contribution in [1.29, 1.82) is 0 Å². The molecule has 0 aliphatic rings. The summed E-state index contributed by atoms with van der Waals surface area (Å²) in [4.78, 5) is 13.0. The highest BCUT2D eigenvalue weighted by atomic mass is 19.4. The molecule has 0 saturated heterocycles. The van der Waals surface area contributed by atoms with Crippen molar-refractivity contribution in [2.45, 2.75) is 24.6 Å². The van der Waals surface area contributed by atoms with Gasteiger partial charge in [-0.1, -0.05) is 12.1 Å². The van der Waals surface area contributed by atoms with Crippen molar-refractivity contribution in [1.82, 2.24) is 0 Å². The lowest BCUT2D eigenvalue weighted by Gasteiger charge is -2.24. The van der Waals surface area contributed by atoms with Crippen LogP contribution in [0, 0.1) is 0 Å². The first-order chi connectivity index (χ1) is 16.1. The number of hydrogen-bond acceptors (Lipinski definition) is 6. The van der Waals surface area contributed by atoms with E-state index in [2.05, 4.69) is 0 Å². The molecule has 0 aliphatic carbocycles. The SMILES string of the molecule is NC(CO)(CO)CCc1ccc2oc3cc(Oc4cccc(C(F)(F)F)c4)ccc3c(=O)c2c1. The Labute approximate surface area is 192 Å². The minimum atomic E-state index is -4.49. The average Bonchev–Trinajstić information content (AvgIpc) is 2.82. The fraction of sp³-hybridized carbons (Fsp3) is 0.240. The molecule has 9 heteroatoms. The summed E-state index contributed by atoms with van der Waals surface area (Å²) in [6.45, 7) is -0.733. The van der Waals surface area contributed by atoms with Gasteiger partial charge in [0.2, 0.25) is 5.43 Å². The third-order valence-electron chi connectivity index (χ3n) is 5.64. The zero-order valence-electron chi connectivity index (χ0n) is 17.9. The van der Waals surface area contributed by atoms with Gasteiger partial charge in [-0.15, -0.1) is 0 Å². The van der Waals surface area contributed by atoms with Crippen molar-refractivity contribution in [3.05, 3.63) is 82.0 Å². The number of nitrogens with two attached hydrogens (primary N) is 1. The van der Waals surface area contributed by atoms with Crippen molar-refractivity contribution in [2.75, 3.05) is 13.2 Å². The van der Waals surface area contributed by atoms with E-state index in [0.29, 0.717) is 29.2 Å². The molecule has 34 heavy (non-hydrogen) atoms. The van der Waals surface area contributed by atoms with Crippen LogP contribution in [0.4, 0.5) is 13.2 Å². The van der Waals surface area contributed by atoms with E-state index in [4.69, 9.17) is 14.9 Å². The highest BCUT2D eigenvalue weighted by Crippen LogP contribution is 2.33. The number of halogens is 3. The van der Waals surface area contributed by atoms with Crippen molar-refractivity contribution in [3.8, 4) is 11.5 Å². The molecule has 0 atom stereocenters. The molecule has 0 aliphatic heterocycles. The van der Waals surface area contributed by atoms with Gasteiger partial charge in [0.25, 0.3) is 0 Å². The number of aliphatic hydroxyl groups excluding tert-OH is 2. The summed E-state index contributed by atoms with van der Waals surface area (Å²) >= 11 is 0. The second-order valence-corrected chi connectivity index (χ2v) is 8.23. The van der Waals surface area contributed by atoms with E-state index in [1.54, 1.807) is 18.2 Å². The lowest BCUT2D eigenvalue weighted by molar-refractivity contribution is -0.137. The number of alkyl halides is 3. The number of aryl methyl sites for hydroxylation is 1. The second kappa shape index (κ2) is 9.09. The maximum atomic E-state index is 13.0. The Kier molecular flexibility index (Phi) is 6.35. The lowest BCUT2D eigenvalue weighted by atomic mass is 9.93. The number of ether oxygens (including phenoxy) is 1. The van der Waals surface area contributed by atoms with Gasteiger partial charge >= 0.3 is 6.18 Å². The van der Waals surface area contributed by atoms with Crippen LogP contribution in [0.3, 0.4) is 0 Å². The number of hydrogen-bond donors (Lipinski definition) is 3. The van der Waals surface area contributed by atoms with Crippen LogP contribution in [0.2, 0.25) is 0 Å². The Hall–Kier alpha value is -3.40. The summed E-state index contributed by atoms with van der Waals surface area (Å²) in [5.74, 6) is 0.224. The highest BCUT2D eigenvalue weighted by Gasteiger charge is 2.30. The molecule has 4 N–H and O–H groups in total. The van der Waals surface area contributed by atoms with Gasteiger partial charge in [0.15, 0.2) is 0 Å². The second-order valence-electron chi connectivity index (χ2n) is 8.23. The van der Waals surface area contributed by atoms with E-state index in [1.165, 1.54) is 30.3 Å². The van der Waals surface area contributed by atoms with Crippen molar-refractivity contribution in [2.24, 2.45) is 5.73 Å². The van der Waals surface area contributed by atoms with E-state index in [0.717, 1.165) is 17.7 Å². The summed E-state index contributed by atoms with van der Waals surface area (Å²) in [7, 11) is 0. The maximum absolute atomic E-state index is 13.0. The Balaban J connectivity index is 1.64. The third kappa shape index (κ3) is 4.91. The van der Waals surface area contributed by atoms with Gasteiger partial charge in [0, 0.05) is 6.07 Å². The minimum Gasteiger partial charge on any atom is -0.457 e. The zero-order valence-corrected chi connectivity index (χ0v) is 17.9. The van der Waals surface area contributed by atoms with Gasteiger partial charge < -0.3 is 25.1 Å². The van der Waals surface area contributed by atoms with Gasteiger partial charge in [-0.05, 0) is 60.9 Å². The largest absolute Gasteiger partial charge is 0.457 e. The monoisotopic (exact) mass is 473 g/mol. The molecule has 0 unspecified atom stereocenters. The first kappa shape index (κ1) is 23.7. The molecule has 0 saturated carbocycles. The summed E-state index contributed by atoms with van der Waals surface area (Å²) in [5.41, 5.74) is 5.06. The van der Waals surface area contributed by atoms with Gasteiger partial charge in [0.1, 0.15) is 22.7 Å². The van der Waals surface area contributed by atoms with Crippen LogP contribution in [0.25, 0.3) is 21.9 Å². The van der Waals surface area contributed by atoms with E-state index < -0.39 is 17.3 Å². The summed E-state index contributed by atoms with van der Waals surface area (Å²) < 4.78 is 50.3. The first-order valence-electron chi connectivity index (χ1n) is 10.5. The normalized spacial score (nSPS) is 12.4. The van der Waals surface area contributed by atoms with E-state index >= 15 is 0 Å². The fourth-order valence-electron chi connectivity index (χ4n) is 3.57. The molecular weight excluding hydrogens is 451 g/mol. The summed E-state index contributed by atoms with van der Waals surface area (Å²) in [6, 6.07) is 14.0. The van der Waals surface area contributed by atoms with Crippen LogP contribution in [0.15, 0.2) is 69.9 Å². The van der Waals surface area contributed by atoms with Crippen molar-refractivity contribution >= 4 is 21.9 Å². The van der Waals surface area contributed by atoms with E-state index in [1.807, 2.05) is 0 Å². The molecule has 0 spiro atoms. The maximum Gasteiger partial charge on any atom is 0.416 e. The minimum absolute atomic E-state index is 0.00342. The van der Waals surface area contributed by atoms with Crippen molar-refractivity contribution in [3.63, 3.8) is 0 Å². The number of fused-ring (bicyclic) bond motifs is 2. The van der Waals surface area contributed by atoms with E-state index in [-0.39, 0.29) is 35.7 Å². The Morgan fingerprint density at radius 1 is 0.882 bits per heavy atom. The van der Waals surface area contributed by atoms with Crippen LogP contribution in [0.5, 0.6) is 11.5 Å². The van der Waals surface area contributed by atoms with Crippen molar-refractivity contribution < 1.29 is 32.5 Å². The molecule has 3 aromatic carbocycles. The molecule has 4 rings (SSSR count). The molecule has 0 fully saturated rings. The zero-order chi connectivity index (χ0) is 24.5. The standard InChI is InChI=1S/C25H22F3NO5/c26-25(27,28)16-2-1-3-17(11-16)33-18-5-6-19-22(12-18)34-21-7-4-15(10-20(21)23(19)32)8-9-24(29,13-30)14-31/h1-7,10-12,30-31H,8-9,13-14,29H2. The molecule has 1 aromatic heterocycles. The molecule has 0 radical (unpaired) electrons. The topological polar surface area (TPSA) is 106 Å². The highest BCUT2D eigenvalue weighted by molar-refractivity contribution is 5.90. The first-order valence-corrected chi connectivity index (χ1v) is 10.5. The molecule has 6 nitrogen and oxygen atoms in total. The quantitative estimate of drug-likeness (QED) is 0.344. The number of aliphatic hydroxyl groups is 2. The molecule has 178 valence electrons. The van der Waals surface area contributed by atoms with Crippen LogP contribution in [-0.2, 0) is 12.6 Å². The molecule has 1 heterocycles. The Morgan fingerprint density at radius 2 is 1.62 bits per heavy atom. The Bertz CT molecular complexity index is 1390. The molecular formula is C25H22F3NO5. The molecule has 0 amide bonds. The fourth-order valence-corrected chi connectivity index (χ4v) is 3.57. The smallest absolute Gasteiger partial charge is 0.416 e. The third-order valence-corrected chi connectivity index (χ3v) is 5.64. The number of rotatable bonds is 7. The Morgan fingerprint density at radius 3 is 2.32 bits per heavy atom.